The van der Waals surface area contributed by atoms with E-state index in [1.54, 1.807) is 0 Å². The van der Waals surface area contributed by atoms with Crippen molar-refractivity contribution in [1.29, 1.82) is 0 Å². The zero-order valence-electron chi connectivity index (χ0n) is 11.5. The molecule has 104 valence electrons. The number of alkyl halides is 1. The van der Waals surface area contributed by atoms with Crippen molar-refractivity contribution < 1.29 is 0 Å². The van der Waals surface area contributed by atoms with E-state index in [4.69, 9.17) is 0 Å². The van der Waals surface area contributed by atoms with Crippen molar-refractivity contribution in [2.24, 2.45) is 5.41 Å². The van der Waals surface area contributed by atoms with E-state index in [1.165, 1.54) is 83.0 Å². The Morgan fingerprint density at radius 3 is 2.11 bits per heavy atom. The smallest absolute Gasteiger partial charge is 0.0113 e. The minimum Gasteiger partial charge on any atom is -0.300 e. The fraction of sp³-hybridized carbons (Fsp3) is 1.00. The maximum absolute atomic E-state index is 3.74. The molecule has 0 bridgehead atoms. The third-order valence-electron chi connectivity index (χ3n) is 5.50. The van der Waals surface area contributed by atoms with Crippen LogP contribution in [0.4, 0.5) is 0 Å². The van der Waals surface area contributed by atoms with Gasteiger partial charge < -0.3 is 4.90 Å². The molecule has 0 amide bonds. The Balaban J connectivity index is 1.45. The van der Waals surface area contributed by atoms with Crippen LogP contribution in [0.25, 0.3) is 0 Å². The van der Waals surface area contributed by atoms with E-state index < -0.39 is 0 Å². The van der Waals surface area contributed by atoms with Crippen LogP contribution in [-0.4, -0.2) is 53.9 Å². The molecule has 0 aromatic heterocycles. The van der Waals surface area contributed by atoms with Gasteiger partial charge in [-0.25, -0.2) is 0 Å². The fourth-order valence-electron chi connectivity index (χ4n) is 4.04. The van der Waals surface area contributed by atoms with Crippen molar-refractivity contribution in [2.75, 3.05) is 38.1 Å². The molecule has 0 unspecified atom stereocenters. The highest BCUT2D eigenvalue weighted by atomic mass is 79.9. The summed E-state index contributed by atoms with van der Waals surface area (Å²) in [5.41, 5.74) is 0.634. The van der Waals surface area contributed by atoms with E-state index in [0.29, 0.717) is 5.41 Å². The van der Waals surface area contributed by atoms with Gasteiger partial charge in [0.15, 0.2) is 0 Å². The van der Waals surface area contributed by atoms with Crippen LogP contribution in [0.1, 0.15) is 44.9 Å². The third kappa shape index (κ3) is 2.78. The molecular weight excluding hydrogens is 288 g/mol. The zero-order valence-corrected chi connectivity index (χ0v) is 13.1. The summed E-state index contributed by atoms with van der Waals surface area (Å²) in [6.45, 7) is 6.61. The molecular formula is C15H27BrN2. The van der Waals surface area contributed by atoms with Gasteiger partial charge in [0.25, 0.3) is 0 Å². The predicted octanol–water partition coefficient (Wildman–Crippen LogP) is 3.11. The van der Waals surface area contributed by atoms with Gasteiger partial charge in [0.1, 0.15) is 0 Å². The van der Waals surface area contributed by atoms with Crippen LogP contribution < -0.4 is 0 Å². The lowest BCUT2D eigenvalue weighted by Gasteiger charge is -2.47. The standard InChI is InChI=1S/C15H27BrN2/c16-12-15(6-3-7-15)13-17-8-10-18(11-9-17)14-4-1-2-5-14/h14H,1-13H2. The van der Waals surface area contributed by atoms with Gasteiger partial charge in [-0.05, 0) is 31.1 Å². The van der Waals surface area contributed by atoms with Crippen LogP contribution >= 0.6 is 15.9 Å². The molecule has 0 N–H and O–H groups in total. The monoisotopic (exact) mass is 314 g/mol. The first-order valence-corrected chi connectivity index (χ1v) is 8.96. The summed E-state index contributed by atoms with van der Waals surface area (Å²) in [5, 5.41) is 1.21. The van der Waals surface area contributed by atoms with Crippen LogP contribution in [0.5, 0.6) is 0 Å². The summed E-state index contributed by atoms with van der Waals surface area (Å²) in [6.07, 6.45) is 10.2. The average molecular weight is 315 g/mol. The molecule has 2 nitrogen and oxygen atoms in total. The van der Waals surface area contributed by atoms with Crippen LogP contribution in [0.3, 0.4) is 0 Å². The molecule has 1 heterocycles. The number of hydrogen-bond acceptors (Lipinski definition) is 2. The zero-order chi connectivity index (χ0) is 12.4. The molecule has 0 aromatic carbocycles. The van der Waals surface area contributed by atoms with Crippen LogP contribution in [0.2, 0.25) is 0 Å². The van der Waals surface area contributed by atoms with E-state index in [0.717, 1.165) is 6.04 Å². The molecule has 3 fully saturated rings. The molecule has 0 atom stereocenters. The first-order valence-electron chi connectivity index (χ1n) is 7.84. The summed E-state index contributed by atoms with van der Waals surface area (Å²) in [6, 6.07) is 0.931. The quantitative estimate of drug-likeness (QED) is 0.736. The number of nitrogens with zero attached hydrogens (tertiary/aromatic N) is 2. The molecule has 3 heteroatoms. The third-order valence-corrected chi connectivity index (χ3v) is 6.69. The Kier molecular flexibility index (Phi) is 4.32. The van der Waals surface area contributed by atoms with Gasteiger partial charge in [-0.1, -0.05) is 35.2 Å². The average Bonchev–Trinajstić information content (AvgIpc) is 2.88. The molecule has 2 aliphatic carbocycles. The molecule has 3 aliphatic rings. The fourth-order valence-corrected chi connectivity index (χ4v) is 4.78. The number of hydrogen-bond donors (Lipinski definition) is 0. The van der Waals surface area contributed by atoms with Crippen molar-refractivity contribution in [1.82, 2.24) is 9.80 Å². The molecule has 1 saturated heterocycles. The maximum Gasteiger partial charge on any atom is 0.0113 e. The Bertz CT molecular complexity index is 258. The largest absolute Gasteiger partial charge is 0.300 e. The van der Waals surface area contributed by atoms with Crippen molar-refractivity contribution in [2.45, 2.75) is 51.0 Å². The van der Waals surface area contributed by atoms with Crippen molar-refractivity contribution >= 4 is 15.9 Å². The Morgan fingerprint density at radius 2 is 1.61 bits per heavy atom. The minimum absolute atomic E-state index is 0.634. The van der Waals surface area contributed by atoms with Crippen LogP contribution in [0, 0.1) is 5.41 Å². The lowest BCUT2D eigenvalue weighted by molar-refractivity contribution is 0.0416. The van der Waals surface area contributed by atoms with Gasteiger partial charge in [0.2, 0.25) is 0 Å². The van der Waals surface area contributed by atoms with Crippen molar-refractivity contribution in [3.05, 3.63) is 0 Å². The normalized spacial score (nSPS) is 30.5. The molecule has 0 radical (unpaired) electrons. The molecule has 2 saturated carbocycles. The van der Waals surface area contributed by atoms with Gasteiger partial charge in [0, 0.05) is 44.1 Å². The van der Waals surface area contributed by atoms with E-state index in [9.17, 15) is 0 Å². The predicted molar refractivity (Wildman–Crippen MR) is 80.3 cm³/mol. The van der Waals surface area contributed by atoms with Gasteiger partial charge in [-0.3, -0.25) is 4.90 Å². The Hall–Kier alpha value is 0.400. The first kappa shape index (κ1) is 13.4. The van der Waals surface area contributed by atoms with E-state index in [-0.39, 0.29) is 0 Å². The molecule has 0 aromatic rings. The second-order valence-electron chi connectivity index (χ2n) is 6.74. The highest BCUT2D eigenvalue weighted by Crippen LogP contribution is 2.43. The number of halogens is 1. The SMILES string of the molecule is BrCC1(CN2CCN(C3CCCC3)CC2)CCC1. The first-order chi connectivity index (χ1) is 8.81. The van der Waals surface area contributed by atoms with Crippen molar-refractivity contribution in [3.63, 3.8) is 0 Å². The Labute approximate surface area is 120 Å². The number of piperazine rings is 1. The molecule has 3 rings (SSSR count). The summed E-state index contributed by atoms with van der Waals surface area (Å²) >= 11 is 3.74. The molecule has 1 aliphatic heterocycles. The molecule has 18 heavy (non-hydrogen) atoms. The van der Waals surface area contributed by atoms with Crippen LogP contribution in [0.15, 0.2) is 0 Å². The topological polar surface area (TPSA) is 6.48 Å². The summed E-state index contributed by atoms with van der Waals surface area (Å²) in [4.78, 5) is 5.50. The number of rotatable bonds is 4. The summed E-state index contributed by atoms with van der Waals surface area (Å²) in [5.74, 6) is 0. The van der Waals surface area contributed by atoms with Crippen molar-refractivity contribution in [3.8, 4) is 0 Å². The van der Waals surface area contributed by atoms with E-state index in [2.05, 4.69) is 25.7 Å². The minimum atomic E-state index is 0.634. The lowest BCUT2D eigenvalue weighted by Crippen LogP contribution is -2.53. The highest BCUT2D eigenvalue weighted by Gasteiger charge is 2.38. The molecule has 0 spiro atoms. The van der Waals surface area contributed by atoms with E-state index in [1.807, 2.05) is 0 Å². The maximum atomic E-state index is 3.74. The highest BCUT2D eigenvalue weighted by molar-refractivity contribution is 9.09. The second-order valence-corrected chi connectivity index (χ2v) is 7.30. The summed E-state index contributed by atoms with van der Waals surface area (Å²) in [7, 11) is 0. The van der Waals surface area contributed by atoms with Gasteiger partial charge in [-0.15, -0.1) is 0 Å². The van der Waals surface area contributed by atoms with Gasteiger partial charge in [-0.2, -0.15) is 0 Å². The second kappa shape index (κ2) is 5.80. The van der Waals surface area contributed by atoms with Crippen LogP contribution in [-0.2, 0) is 0 Å². The lowest BCUT2D eigenvalue weighted by atomic mass is 9.70. The van der Waals surface area contributed by atoms with Gasteiger partial charge >= 0.3 is 0 Å². The summed E-state index contributed by atoms with van der Waals surface area (Å²) < 4.78 is 0. The van der Waals surface area contributed by atoms with E-state index >= 15 is 0 Å². The Morgan fingerprint density at radius 1 is 0.944 bits per heavy atom. The van der Waals surface area contributed by atoms with Gasteiger partial charge in [0.05, 0.1) is 0 Å².